The van der Waals surface area contributed by atoms with Gasteiger partial charge in [0.15, 0.2) is 11.5 Å². The van der Waals surface area contributed by atoms with Gasteiger partial charge in [-0.25, -0.2) is 9.98 Å². The van der Waals surface area contributed by atoms with E-state index in [2.05, 4.69) is 9.98 Å². The van der Waals surface area contributed by atoms with Gasteiger partial charge in [-0.15, -0.1) is 11.3 Å². The molecule has 1 aromatic heterocycles. The van der Waals surface area contributed by atoms with Gasteiger partial charge in [0.2, 0.25) is 5.13 Å². The number of benzene rings is 2. The summed E-state index contributed by atoms with van der Waals surface area (Å²) in [4.78, 5) is 8.66. The normalized spacial score (nSPS) is 11.0. The van der Waals surface area contributed by atoms with E-state index in [1.165, 1.54) is 23.6 Å². The standard InChI is InChI=1S/C16H12N2O2S/c19-14-8-4-7-12(15(14)20)9-17-16-18-13(10-21-16)11-5-2-1-3-6-11/h1-10,19-20H/b17-9-. The SMILES string of the molecule is Oc1cccc(/C=N\c2nc(-c3ccccc3)cs2)c1O. The van der Waals surface area contributed by atoms with Crippen molar-refractivity contribution < 1.29 is 10.2 Å². The van der Waals surface area contributed by atoms with Gasteiger partial charge in [-0.1, -0.05) is 36.4 Å². The number of nitrogens with zero attached hydrogens (tertiary/aromatic N) is 2. The van der Waals surface area contributed by atoms with Gasteiger partial charge in [0.25, 0.3) is 0 Å². The van der Waals surface area contributed by atoms with Crippen LogP contribution in [-0.4, -0.2) is 21.4 Å². The van der Waals surface area contributed by atoms with Crippen LogP contribution in [0.4, 0.5) is 5.13 Å². The smallest absolute Gasteiger partial charge is 0.209 e. The van der Waals surface area contributed by atoms with Gasteiger partial charge in [0.1, 0.15) is 0 Å². The Hall–Kier alpha value is -2.66. The summed E-state index contributed by atoms with van der Waals surface area (Å²) in [6, 6.07) is 14.6. The van der Waals surface area contributed by atoms with Crippen molar-refractivity contribution in [2.45, 2.75) is 0 Å². The molecule has 0 aliphatic rings. The van der Waals surface area contributed by atoms with E-state index in [9.17, 15) is 10.2 Å². The fourth-order valence-electron chi connectivity index (χ4n) is 1.84. The Morgan fingerprint density at radius 2 is 1.81 bits per heavy atom. The molecule has 1 heterocycles. The largest absolute Gasteiger partial charge is 0.504 e. The minimum absolute atomic E-state index is 0.164. The lowest BCUT2D eigenvalue weighted by molar-refractivity contribution is 0.403. The Kier molecular flexibility index (Phi) is 3.66. The highest BCUT2D eigenvalue weighted by Crippen LogP contribution is 2.29. The molecule has 0 aliphatic heterocycles. The molecule has 0 spiro atoms. The summed E-state index contributed by atoms with van der Waals surface area (Å²) in [5.41, 5.74) is 2.36. The first-order valence-electron chi connectivity index (χ1n) is 6.30. The van der Waals surface area contributed by atoms with E-state index < -0.39 is 0 Å². The van der Waals surface area contributed by atoms with Crippen molar-refractivity contribution in [1.29, 1.82) is 0 Å². The Morgan fingerprint density at radius 1 is 1.00 bits per heavy atom. The Balaban J connectivity index is 1.85. The second kappa shape index (κ2) is 5.76. The Morgan fingerprint density at radius 3 is 2.62 bits per heavy atom. The number of phenolic OH excluding ortho intramolecular Hbond substituents is 2. The second-order valence-corrected chi connectivity index (χ2v) is 5.19. The maximum Gasteiger partial charge on any atom is 0.209 e. The van der Waals surface area contributed by atoms with Crippen LogP contribution in [0.3, 0.4) is 0 Å². The van der Waals surface area contributed by atoms with E-state index in [1.807, 2.05) is 35.7 Å². The number of phenols is 2. The van der Waals surface area contributed by atoms with Crippen LogP contribution in [0.25, 0.3) is 11.3 Å². The zero-order chi connectivity index (χ0) is 14.7. The van der Waals surface area contributed by atoms with Crippen LogP contribution >= 0.6 is 11.3 Å². The zero-order valence-corrected chi connectivity index (χ0v) is 11.8. The lowest BCUT2D eigenvalue weighted by Crippen LogP contribution is -1.82. The summed E-state index contributed by atoms with van der Waals surface area (Å²) in [5.74, 6) is -0.343. The molecule has 0 saturated carbocycles. The highest BCUT2D eigenvalue weighted by Gasteiger charge is 2.05. The first kappa shape index (κ1) is 13.3. The topological polar surface area (TPSA) is 65.7 Å². The summed E-state index contributed by atoms with van der Waals surface area (Å²) >= 11 is 1.42. The molecule has 0 aliphatic carbocycles. The molecule has 0 bridgehead atoms. The van der Waals surface area contributed by atoms with Crippen LogP contribution < -0.4 is 0 Å². The van der Waals surface area contributed by atoms with Crippen molar-refractivity contribution in [2.24, 2.45) is 4.99 Å². The third-order valence-corrected chi connectivity index (χ3v) is 3.67. The number of para-hydroxylation sites is 1. The van der Waals surface area contributed by atoms with Crippen molar-refractivity contribution in [3.63, 3.8) is 0 Å². The summed E-state index contributed by atoms with van der Waals surface area (Å²) in [6.45, 7) is 0. The molecule has 0 unspecified atom stereocenters. The van der Waals surface area contributed by atoms with Crippen LogP contribution in [-0.2, 0) is 0 Å². The molecule has 0 fully saturated rings. The second-order valence-electron chi connectivity index (χ2n) is 4.35. The summed E-state index contributed by atoms with van der Waals surface area (Å²) in [5, 5.41) is 21.7. The average Bonchev–Trinajstić information content (AvgIpc) is 2.99. The molecule has 3 aromatic rings. The van der Waals surface area contributed by atoms with Gasteiger partial charge in [-0.2, -0.15) is 0 Å². The molecule has 0 radical (unpaired) electrons. The fourth-order valence-corrected chi connectivity index (χ4v) is 2.51. The molecule has 2 aromatic carbocycles. The van der Waals surface area contributed by atoms with Gasteiger partial charge in [-0.3, -0.25) is 0 Å². The van der Waals surface area contributed by atoms with Crippen LogP contribution in [0.2, 0.25) is 0 Å². The van der Waals surface area contributed by atoms with Crippen LogP contribution in [0.1, 0.15) is 5.56 Å². The zero-order valence-electron chi connectivity index (χ0n) is 11.0. The van der Waals surface area contributed by atoms with Crippen molar-refractivity contribution in [1.82, 2.24) is 4.98 Å². The minimum atomic E-state index is -0.180. The quantitative estimate of drug-likeness (QED) is 0.567. The van der Waals surface area contributed by atoms with Gasteiger partial charge < -0.3 is 10.2 Å². The van der Waals surface area contributed by atoms with Crippen molar-refractivity contribution >= 4 is 22.7 Å². The van der Waals surface area contributed by atoms with Crippen molar-refractivity contribution in [3.05, 3.63) is 59.5 Å². The Bertz CT molecular complexity index is 782. The molecule has 0 saturated heterocycles. The number of hydrogen-bond donors (Lipinski definition) is 2. The van der Waals surface area contributed by atoms with E-state index in [4.69, 9.17) is 0 Å². The molecular formula is C16H12N2O2S. The van der Waals surface area contributed by atoms with Crippen molar-refractivity contribution in [2.75, 3.05) is 0 Å². The molecule has 4 nitrogen and oxygen atoms in total. The molecule has 21 heavy (non-hydrogen) atoms. The lowest BCUT2D eigenvalue weighted by Gasteiger charge is -1.99. The Labute approximate surface area is 125 Å². The third-order valence-electron chi connectivity index (χ3n) is 2.92. The molecule has 0 atom stereocenters. The molecule has 0 amide bonds. The van der Waals surface area contributed by atoms with E-state index in [1.54, 1.807) is 12.1 Å². The van der Waals surface area contributed by atoms with Crippen LogP contribution in [0.15, 0.2) is 58.9 Å². The predicted molar refractivity (Wildman–Crippen MR) is 84.6 cm³/mol. The number of thiazole rings is 1. The maximum absolute atomic E-state index is 9.70. The van der Waals surface area contributed by atoms with Gasteiger partial charge >= 0.3 is 0 Å². The number of aromatic nitrogens is 1. The molecule has 5 heteroatoms. The number of hydrogen-bond acceptors (Lipinski definition) is 5. The fraction of sp³-hybridized carbons (Fsp3) is 0. The maximum atomic E-state index is 9.70. The predicted octanol–water partition coefficient (Wildman–Crippen LogP) is 3.97. The molecule has 104 valence electrons. The van der Waals surface area contributed by atoms with Crippen molar-refractivity contribution in [3.8, 4) is 22.8 Å². The number of aromatic hydroxyl groups is 2. The number of aliphatic imine (C=N–C) groups is 1. The third kappa shape index (κ3) is 2.93. The summed E-state index contributed by atoms with van der Waals surface area (Å²) < 4.78 is 0. The van der Waals surface area contributed by atoms with E-state index >= 15 is 0 Å². The van der Waals surface area contributed by atoms with E-state index in [0.29, 0.717) is 10.7 Å². The first-order chi connectivity index (χ1) is 10.2. The van der Waals surface area contributed by atoms with Crippen LogP contribution in [0.5, 0.6) is 11.5 Å². The number of rotatable bonds is 3. The minimum Gasteiger partial charge on any atom is -0.504 e. The monoisotopic (exact) mass is 296 g/mol. The van der Waals surface area contributed by atoms with E-state index in [0.717, 1.165) is 11.3 Å². The lowest BCUT2D eigenvalue weighted by atomic mass is 10.2. The summed E-state index contributed by atoms with van der Waals surface area (Å²) in [7, 11) is 0. The molecule has 3 rings (SSSR count). The van der Waals surface area contributed by atoms with Gasteiger partial charge in [0.05, 0.1) is 5.69 Å². The molecular weight excluding hydrogens is 284 g/mol. The summed E-state index contributed by atoms with van der Waals surface area (Å²) in [6.07, 6.45) is 1.49. The average molecular weight is 296 g/mol. The highest BCUT2D eigenvalue weighted by atomic mass is 32.1. The van der Waals surface area contributed by atoms with Gasteiger partial charge in [-0.05, 0) is 12.1 Å². The first-order valence-corrected chi connectivity index (χ1v) is 7.18. The van der Waals surface area contributed by atoms with E-state index in [-0.39, 0.29) is 11.5 Å². The molecule has 2 N–H and O–H groups in total. The highest BCUT2D eigenvalue weighted by molar-refractivity contribution is 7.13. The van der Waals surface area contributed by atoms with Crippen LogP contribution in [0, 0.1) is 0 Å². The van der Waals surface area contributed by atoms with Gasteiger partial charge in [0, 0.05) is 22.7 Å².